The molecule has 1 fully saturated rings. The van der Waals surface area contributed by atoms with Crippen LogP contribution in [-0.2, 0) is 19.1 Å². The van der Waals surface area contributed by atoms with E-state index in [2.05, 4.69) is 22.8 Å². The third-order valence-electron chi connectivity index (χ3n) is 6.38. The van der Waals surface area contributed by atoms with Crippen LogP contribution in [0.4, 0.5) is 4.79 Å². The summed E-state index contributed by atoms with van der Waals surface area (Å²) < 4.78 is 10.8. The van der Waals surface area contributed by atoms with E-state index in [1.807, 2.05) is 50.2 Å². The highest BCUT2D eigenvalue weighted by atomic mass is 16.5. The minimum atomic E-state index is -1.02. The van der Waals surface area contributed by atoms with Crippen molar-refractivity contribution in [3.63, 3.8) is 0 Å². The Morgan fingerprint density at radius 3 is 2.24 bits per heavy atom. The molecule has 1 aliphatic heterocycles. The van der Waals surface area contributed by atoms with Gasteiger partial charge in [0, 0.05) is 5.92 Å². The molecule has 0 aromatic heterocycles. The number of aliphatic carboxylic acids is 1. The lowest BCUT2D eigenvalue weighted by molar-refractivity contribution is -0.142. The molecule has 2 amide bonds. The summed E-state index contributed by atoms with van der Waals surface area (Å²) in [5.41, 5.74) is 4.48. The lowest BCUT2D eigenvalue weighted by Gasteiger charge is -2.23. The lowest BCUT2D eigenvalue weighted by atomic mass is 9.98. The van der Waals surface area contributed by atoms with Crippen LogP contribution in [0.15, 0.2) is 48.5 Å². The zero-order chi connectivity index (χ0) is 24.2. The maximum Gasteiger partial charge on any atom is 0.407 e. The highest BCUT2D eigenvalue weighted by Crippen LogP contribution is 2.44. The van der Waals surface area contributed by atoms with Crippen molar-refractivity contribution in [2.45, 2.75) is 38.3 Å². The first kappa shape index (κ1) is 23.8. The number of carboxylic acids is 1. The molecule has 1 saturated heterocycles. The van der Waals surface area contributed by atoms with E-state index in [1.165, 1.54) is 0 Å². The maximum absolute atomic E-state index is 12.9. The predicted molar refractivity (Wildman–Crippen MR) is 125 cm³/mol. The van der Waals surface area contributed by atoms with Gasteiger partial charge in [0.1, 0.15) is 18.6 Å². The van der Waals surface area contributed by atoms with Gasteiger partial charge in [-0.2, -0.15) is 0 Å². The molecule has 34 heavy (non-hydrogen) atoms. The van der Waals surface area contributed by atoms with Gasteiger partial charge in [-0.3, -0.25) is 9.59 Å². The van der Waals surface area contributed by atoms with E-state index < -0.39 is 36.0 Å². The smallest absolute Gasteiger partial charge is 0.407 e. The van der Waals surface area contributed by atoms with Gasteiger partial charge in [0.2, 0.25) is 5.91 Å². The summed E-state index contributed by atoms with van der Waals surface area (Å²) in [6.45, 7) is 4.21. The Bertz CT molecular complexity index is 1020. The number of benzene rings is 2. The maximum atomic E-state index is 12.9. The van der Waals surface area contributed by atoms with Crippen LogP contribution in [-0.4, -0.2) is 55.0 Å². The summed E-state index contributed by atoms with van der Waals surface area (Å²) in [5, 5.41) is 14.7. The van der Waals surface area contributed by atoms with E-state index in [0.717, 1.165) is 22.3 Å². The number of carbonyl (C=O) groups is 3. The van der Waals surface area contributed by atoms with Gasteiger partial charge in [0.15, 0.2) is 0 Å². The van der Waals surface area contributed by atoms with Gasteiger partial charge >= 0.3 is 12.1 Å². The van der Waals surface area contributed by atoms with Crippen molar-refractivity contribution in [1.82, 2.24) is 10.6 Å². The third-order valence-corrected chi connectivity index (χ3v) is 6.38. The van der Waals surface area contributed by atoms with E-state index in [4.69, 9.17) is 9.47 Å². The summed E-state index contributed by atoms with van der Waals surface area (Å²) >= 11 is 0. The number of carbonyl (C=O) groups excluding carboxylic acids is 2. The molecule has 1 aliphatic carbocycles. The molecule has 4 rings (SSSR count). The summed E-state index contributed by atoms with van der Waals surface area (Å²) in [6, 6.07) is 14.7. The number of carboxylic acid groups (broad SMARTS) is 1. The Morgan fingerprint density at radius 1 is 1.03 bits per heavy atom. The van der Waals surface area contributed by atoms with E-state index in [-0.39, 0.29) is 31.7 Å². The van der Waals surface area contributed by atoms with Crippen molar-refractivity contribution in [1.29, 1.82) is 0 Å². The SMILES string of the molecule is CC(C)C[C@@H](NC(=O)OCC1c2ccccc2-c2ccccc21)C(=O)NC1COCC1C(=O)O. The Kier molecular flexibility index (Phi) is 7.17. The van der Waals surface area contributed by atoms with Crippen LogP contribution >= 0.6 is 0 Å². The molecule has 2 aromatic rings. The number of rotatable bonds is 8. The number of fused-ring (bicyclic) bond motifs is 3. The molecule has 8 heteroatoms. The predicted octanol–water partition coefficient (Wildman–Crippen LogP) is 3.16. The number of amides is 2. The van der Waals surface area contributed by atoms with Gasteiger partial charge in [-0.1, -0.05) is 62.4 Å². The van der Waals surface area contributed by atoms with Crippen LogP contribution in [0.3, 0.4) is 0 Å². The van der Waals surface area contributed by atoms with Crippen molar-refractivity contribution in [2.75, 3.05) is 19.8 Å². The Labute approximate surface area is 198 Å². The van der Waals surface area contributed by atoms with Gasteiger partial charge in [0.25, 0.3) is 0 Å². The summed E-state index contributed by atoms with van der Waals surface area (Å²) in [7, 11) is 0. The van der Waals surface area contributed by atoms with Crippen molar-refractivity contribution in [2.24, 2.45) is 11.8 Å². The van der Waals surface area contributed by atoms with Crippen molar-refractivity contribution >= 4 is 18.0 Å². The van der Waals surface area contributed by atoms with Crippen LogP contribution in [0.25, 0.3) is 11.1 Å². The molecule has 3 N–H and O–H groups in total. The quantitative estimate of drug-likeness (QED) is 0.551. The third kappa shape index (κ3) is 5.07. The molecule has 0 saturated carbocycles. The lowest BCUT2D eigenvalue weighted by Crippen LogP contribution is -2.52. The first-order chi connectivity index (χ1) is 16.3. The first-order valence-electron chi connectivity index (χ1n) is 11.6. The van der Waals surface area contributed by atoms with Gasteiger partial charge in [-0.05, 0) is 34.6 Å². The second kappa shape index (κ2) is 10.3. The molecule has 2 aliphatic rings. The van der Waals surface area contributed by atoms with Crippen LogP contribution in [0, 0.1) is 11.8 Å². The molecule has 0 spiro atoms. The van der Waals surface area contributed by atoms with Gasteiger partial charge < -0.3 is 25.2 Å². The molecule has 180 valence electrons. The van der Waals surface area contributed by atoms with E-state index in [1.54, 1.807) is 0 Å². The van der Waals surface area contributed by atoms with Crippen molar-refractivity contribution < 1.29 is 29.0 Å². The molecule has 1 heterocycles. The Morgan fingerprint density at radius 2 is 1.65 bits per heavy atom. The van der Waals surface area contributed by atoms with E-state index >= 15 is 0 Å². The average Bonchev–Trinajstić information content (AvgIpc) is 3.39. The molecule has 3 atom stereocenters. The number of hydrogen-bond donors (Lipinski definition) is 3. The van der Waals surface area contributed by atoms with Gasteiger partial charge in [0.05, 0.1) is 19.3 Å². The zero-order valence-corrected chi connectivity index (χ0v) is 19.3. The average molecular weight is 467 g/mol. The van der Waals surface area contributed by atoms with Crippen LogP contribution in [0.1, 0.15) is 37.3 Å². The highest BCUT2D eigenvalue weighted by Gasteiger charge is 2.37. The molecule has 8 nitrogen and oxygen atoms in total. The summed E-state index contributed by atoms with van der Waals surface area (Å²) in [5.74, 6) is -2.23. The molecule has 0 radical (unpaired) electrons. The molecule has 2 unspecified atom stereocenters. The first-order valence-corrected chi connectivity index (χ1v) is 11.6. The molecule has 2 aromatic carbocycles. The fourth-order valence-electron chi connectivity index (χ4n) is 4.71. The number of ether oxygens (including phenoxy) is 2. The standard InChI is InChI=1S/C26H30N2O6/c1-15(2)11-22(24(29)27-23-14-33-12-21(23)25(30)31)28-26(32)34-13-20-18-9-5-3-7-16(18)17-8-4-6-10-19(17)20/h3-10,15,20-23H,11-14H2,1-2H3,(H,27,29)(H,28,32)(H,30,31)/t21?,22-,23?/m1/s1. The van der Waals surface area contributed by atoms with Gasteiger partial charge in [-0.25, -0.2) is 4.79 Å². The fourth-order valence-corrected chi connectivity index (χ4v) is 4.71. The van der Waals surface area contributed by atoms with Crippen molar-refractivity contribution in [3.8, 4) is 11.1 Å². The van der Waals surface area contributed by atoms with Crippen molar-refractivity contribution in [3.05, 3.63) is 59.7 Å². The number of hydrogen-bond acceptors (Lipinski definition) is 5. The monoisotopic (exact) mass is 466 g/mol. The number of alkyl carbamates (subject to hydrolysis) is 1. The Hall–Kier alpha value is -3.39. The van der Waals surface area contributed by atoms with Crippen LogP contribution in [0.5, 0.6) is 0 Å². The van der Waals surface area contributed by atoms with E-state index in [0.29, 0.717) is 6.42 Å². The fraction of sp³-hybridized carbons (Fsp3) is 0.423. The van der Waals surface area contributed by atoms with Crippen LogP contribution in [0.2, 0.25) is 0 Å². The second-order valence-corrected chi connectivity index (χ2v) is 9.25. The summed E-state index contributed by atoms with van der Waals surface area (Å²) in [4.78, 5) is 37.0. The topological polar surface area (TPSA) is 114 Å². The summed E-state index contributed by atoms with van der Waals surface area (Å²) in [6.07, 6.45) is -0.290. The Balaban J connectivity index is 1.40. The second-order valence-electron chi connectivity index (χ2n) is 9.25. The molecule has 0 bridgehead atoms. The number of nitrogens with one attached hydrogen (secondary N) is 2. The highest BCUT2D eigenvalue weighted by molar-refractivity contribution is 5.86. The van der Waals surface area contributed by atoms with E-state index in [9.17, 15) is 19.5 Å². The minimum absolute atomic E-state index is 0.0505. The largest absolute Gasteiger partial charge is 0.481 e. The molecular weight excluding hydrogens is 436 g/mol. The zero-order valence-electron chi connectivity index (χ0n) is 19.3. The normalized spacial score (nSPS) is 19.9. The van der Waals surface area contributed by atoms with Gasteiger partial charge in [-0.15, -0.1) is 0 Å². The van der Waals surface area contributed by atoms with Crippen LogP contribution < -0.4 is 10.6 Å². The molecular formula is C26H30N2O6. The minimum Gasteiger partial charge on any atom is -0.481 e.